The summed E-state index contributed by atoms with van der Waals surface area (Å²) in [6.45, 7) is 1.05. The van der Waals surface area contributed by atoms with Gasteiger partial charge in [0.1, 0.15) is 0 Å². The number of halogens is 4. The van der Waals surface area contributed by atoms with Gasteiger partial charge in [-0.3, -0.25) is 9.59 Å². The van der Waals surface area contributed by atoms with Crippen molar-refractivity contribution in [3.8, 4) is 0 Å². The molecule has 1 atom stereocenters. The maximum atomic E-state index is 12.5. The summed E-state index contributed by atoms with van der Waals surface area (Å²) in [5, 5.41) is 10.0. The van der Waals surface area contributed by atoms with Crippen molar-refractivity contribution in [3.05, 3.63) is 0 Å². The van der Waals surface area contributed by atoms with Crippen molar-refractivity contribution in [3.63, 3.8) is 0 Å². The van der Waals surface area contributed by atoms with E-state index in [9.17, 15) is 27.2 Å². The summed E-state index contributed by atoms with van der Waals surface area (Å²) < 4.78 is 53.5. The molecule has 2 N–H and O–H groups in total. The molecule has 1 amide bonds. The van der Waals surface area contributed by atoms with E-state index in [4.69, 9.17) is 9.84 Å². The van der Waals surface area contributed by atoms with E-state index in [1.807, 2.05) is 0 Å². The van der Waals surface area contributed by atoms with Gasteiger partial charge in [0.2, 0.25) is 0 Å². The zero-order valence-electron chi connectivity index (χ0n) is 9.46. The number of alkyl halides is 4. The van der Waals surface area contributed by atoms with Gasteiger partial charge in [0.15, 0.2) is 0 Å². The summed E-state index contributed by atoms with van der Waals surface area (Å²) >= 11 is 0. The number of carbonyl (C=O) groups excluding carboxylic acids is 1. The number of ether oxygens (including phenoxy) is 1. The monoisotopic (exact) mass is 275 g/mol. The maximum Gasteiger partial charge on any atom is 0.383 e. The average molecular weight is 275 g/mol. The minimum atomic E-state index is -4.81. The van der Waals surface area contributed by atoms with Crippen molar-refractivity contribution in [2.24, 2.45) is 0 Å². The fourth-order valence-corrected chi connectivity index (χ4v) is 1.04. The number of nitrogens with one attached hydrogen (secondary N) is 1. The Bertz CT molecular complexity index is 298. The molecule has 0 aromatic heterocycles. The molecule has 0 aliphatic rings. The van der Waals surface area contributed by atoms with Crippen LogP contribution < -0.4 is 5.32 Å². The van der Waals surface area contributed by atoms with Gasteiger partial charge in [-0.2, -0.15) is 8.78 Å². The molecule has 0 aliphatic carbocycles. The first kappa shape index (κ1) is 16.6. The predicted octanol–water partition coefficient (Wildman–Crippen LogP) is 0.883. The molecule has 0 fully saturated rings. The van der Waals surface area contributed by atoms with E-state index in [1.165, 1.54) is 12.2 Å². The predicted molar refractivity (Wildman–Crippen MR) is 51.6 cm³/mol. The lowest BCUT2D eigenvalue weighted by Gasteiger charge is -2.19. The van der Waals surface area contributed by atoms with E-state index in [0.717, 1.165) is 0 Å². The van der Waals surface area contributed by atoms with Gasteiger partial charge < -0.3 is 15.2 Å². The van der Waals surface area contributed by atoms with Crippen LogP contribution >= 0.6 is 0 Å². The zero-order valence-corrected chi connectivity index (χ0v) is 9.46. The molecule has 0 rings (SSSR count). The van der Waals surface area contributed by atoms with E-state index in [2.05, 4.69) is 0 Å². The molecule has 0 heterocycles. The van der Waals surface area contributed by atoms with Gasteiger partial charge >= 0.3 is 18.3 Å². The summed E-state index contributed by atoms with van der Waals surface area (Å²) in [5.74, 6) is -8.23. The minimum Gasteiger partial charge on any atom is -0.481 e. The van der Waals surface area contributed by atoms with Crippen molar-refractivity contribution in [2.75, 3.05) is 13.2 Å². The van der Waals surface area contributed by atoms with Crippen molar-refractivity contribution in [1.82, 2.24) is 5.32 Å². The van der Waals surface area contributed by atoms with Crippen LogP contribution in [-0.4, -0.2) is 48.6 Å². The van der Waals surface area contributed by atoms with Crippen LogP contribution in [0, 0.1) is 0 Å². The SMILES string of the molecule is CCOC(CNC(=O)C(F)(F)C(F)F)CC(=O)O. The quantitative estimate of drug-likeness (QED) is 0.645. The fraction of sp³-hybridized carbons (Fsp3) is 0.778. The van der Waals surface area contributed by atoms with Crippen LogP contribution in [0.5, 0.6) is 0 Å². The van der Waals surface area contributed by atoms with Gasteiger partial charge in [-0.25, -0.2) is 8.78 Å². The standard InChI is InChI=1S/C9H13F4NO4/c1-2-18-5(3-6(15)16)4-14-8(17)9(12,13)7(10)11/h5,7H,2-4H2,1H3,(H,14,17)(H,15,16). The molecule has 0 aromatic rings. The first-order valence-corrected chi connectivity index (χ1v) is 4.99. The fourth-order valence-electron chi connectivity index (χ4n) is 1.04. The van der Waals surface area contributed by atoms with E-state index in [0.29, 0.717) is 0 Å². The largest absolute Gasteiger partial charge is 0.481 e. The van der Waals surface area contributed by atoms with Crippen LogP contribution in [0.3, 0.4) is 0 Å². The molecule has 9 heteroatoms. The van der Waals surface area contributed by atoms with Gasteiger partial charge in [-0.05, 0) is 6.92 Å². The number of amides is 1. The highest BCUT2D eigenvalue weighted by Crippen LogP contribution is 2.22. The normalized spacial score (nSPS) is 13.4. The van der Waals surface area contributed by atoms with Crippen LogP contribution in [0.1, 0.15) is 13.3 Å². The molecule has 0 spiro atoms. The number of carboxylic acid groups (broad SMARTS) is 1. The number of carbonyl (C=O) groups is 2. The highest BCUT2D eigenvalue weighted by molar-refractivity contribution is 5.83. The Morgan fingerprint density at radius 3 is 2.33 bits per heavy atom. The van der Waals surface area contributed by atoms with Gasteiger partial charge in [0.05, 0.1) is 12.5 Å². The Kier molecular flexibility index (Phi) is 6.60. The molecule has 0 bridgehead atoms. The van der Waals surface area contributed by atoms with E-state index < -0.39 is 43.3 Å². The van der Waals surface area contributed by atoms with Crippen molar-refractivity contribution < 1.29 is 37.0 Å². The smallest absolute Gasteiger partial charge is 0.383 e. The maximum absolute atomic E-state index is 12.5. The van der Waals surface area contributed by atoms with Gasteiger partial charge in [0.25, 0.3) is 5.91 Å². The first-order valence-electron chi connectivity index (χ1n) is 4.99. The summed E-state index contributed by atoms with van der Waals surface area (Å²) in [6, 6.07) is 0. The Balaban J connectivity index is 4.34. The van der Waals surface area contributed by atoms with Gasteiger partial charge in [0, 0.05) is 13.2 Å². The number of hydrogen-bond acceptors (Lipinski definition) is 3. The van der Waals surface area contributed by atoms with E-state index in [1.54, 1.807) is 0 Å². The summed E-state index contributed by atoms with van der Waals surface area (Å²) in [7, 11) is 0. The summed E-state index contributed by atoms with van der Waals surface area (Å²) in [6.07, 6.45) is -5.71. The van der Waals surface area contributed by atoms with E-state index >= 15 is 0 Å². The second kappa shape index (κ2) is 7.14. The van der Waals surface area contributed by atoms with Crippen molar-refractivity contribution in [1.29, 1.82) is 0 Å². The van der Waals surface area contributed by atoms with Crippen molar-refractivity contribution >= 4 is 11.9 Å². The second-order valence-corrected chi connectivity index (χ2v) is 3.31. The molecule has 0 aliphatic heterocycles. The molecule has 0 saturated heterocycles. The molecular weight excluding hydrogens is 262 g/mol. The third-order valence-corrected chi connectivity index (χ3v) is 1.87. The van der Waals surface area contributed by atoms with Crippen LogP contribution in [0.2, 0.25) is 0 Å². The first-order chi connectivity index (χ1) is 8.21. The third-order valence-electron chi connectivity index (χ3n) is 1.87. The molecule has 5 nitrogen and oxygen atoms in total. The molecule has 0 radical (unpaired) electrons. The van der Waals surface area contributed by atoms with E-state index in [-0.39, 0.29) is 6.61 Å². The van der Waals surface area contributed by atoms with Crippen LogP contribution in [0.4, 0.5) is 17.6 Å². The summed E-state index contributed by atoms with van der Waals surface area (Å²) in [4.78, 5) is 21.1. The lowest BCUT2D eigenvalue weighted by molar-refractivity contribution is -0.170. The number of carboxylic acids is 1. The third kappa shape index (κ3) is 5.30. The highest BCUT2D eigenvalue weighted by Gasteiger charge is 2.48. The second-order valence-electron chi connectivity index (χ2n) is 3.31. The zero-order chi connectivity index (χ0) is 14.3. The molecule has 106 valence electrons. The van der Waals surface area contributed by atoms with Gasteiger partial charge in [-0.15, -0.1) is 0 Å². The van der Waals surface area contributed by atoms with Crippen LogP contribution in [0.15, 0.2) is 0 Å². The Morgan fingerprint density at radius 2 is 1.94 bits per heavy atom. The van der Waals surface area contributed by atoms with Crippen molar-refractivity contribution in [2.45, 2.75) is 31.8 Å². The summed E-state index contributed by atoms with van der Waals surface area (Å²) in [5.41, 5.74) is 0. The van der Waals surface area contributed by atoms with Crippen LogP contribution in [-0.2, 0) is 14.3 Å². The highest BCUT2D eigenvalue weighted by atomic mass is 19.3. The number of rotatable bonds is 8. The Labute approximate surface area is 100 Å². The molecule has 1 unspecified atom stereocenters. The number of aliphatic carboxylic acids is 1. The molecule has 18 heavy (non-hydrogen) atoms. The Hall–Kier alpha value is -1.38. The molecule has 0 saturated carbocycles. The Morgan fingerprint density at radius 1 is 1.39 bits per heavy atom. The molecular formula is C9H13F4NO4. The topological polar surface area (TPSA) is 75.6 Å². The number of hydrogen-bond donors (Lipinski definition) is 2. The lowest BCUT2D eigenvalue weighted by atomic mass is 10.2. The minimum absolute atomic E-state index is 0.0963. The average Bonchev–Trinajstić information content (AvgIpc) is 2.24. The lowest BCUT2D eigenvalue weighted by Crippen LogP contribution is -2.47. The van der Waals surface area contributed by atoms with Gasteiger partial charge in [-0.1, -0.05) is 0 Å². The molecule has 0 aromatic carbocycles. The van der Waals surface area contributed by atoms with Crippen LogP contribution in [0.25, 0.3) is 0 Å².